The molecule has 1 heterocycles. The zero-order valence-electron chi connectivity index (χ0n) is 12.4. The van der Waals surface area contributed by atoms with Crippen LogP contribution >= 0.6 is 11.5 Å². The molecule has 1 aromatic rings. The number of methoxy groups -OCH3 is 2. The third-order valence-corrected chi connectivity index (χ3v) is 4.18. The standard InChI is InChI=1S/C13H22N4O3S/c1-19-7-5-17(6-8-20-2)13-10(11(14)16-21-13)12(18)15-9-3-4-9/h9H,3-8H2,1-2H3,(H2,14,16)(H,15,18). The lowest BCUT2D eigenvalue weighted by atomic mass is 10.2. The second-order valence-corrected chi connectivity index (χ2v) is 5.72. The lowest BCUT2D eigenvalue weighted by molar-refractivity contribution is 0.0952. The Morgan fingerprint density at radius 1 is 1.38 bits per heavy atom. The molecular weight excluding hydrogens is 292 g/mol. The highest BCUT2D eigenvalue weighted by Crippen LogP contribution is 2.31. The van der Waals surface area contributed by atoms with Gasteiger partial charge in [-0.3, -0.25) is 4.79 Å². The van der Waals surface area contributed by atoms with Gasteiger partial charge in [-0.15, -0.1) is 0 Å². The van der Waals surface area contributed by atoms with Crippen LogP contribution in [0.15, 0.2) is 0 Å². The van der Waals surface area contributed by atoms with Crippen LogP contribution < -0.4 is 16.0 Å². The van der Waals surface area contributed by atoms with Gasteiger partial charge in [0.25, 0.3) is 5.91 Å². The number of nitrogens with two attached hydrogens (primary N) is 1. The maximum absolute atomic E-state index is 12.3. The van der Waals surface area contributed by atoms with Crippen molar-refractivity contribution >= 4 is 28.3 Å². The van der Waals surface area contributed by atoms with E-state index in [1.807, 2.05) is 4.90 Å². The van der Waals surface area contributed by atoms with Crippen LogP contribution in [0.2, 0.25) is 0 Å². The van der Waals surface area contributed by atoms with E-state index < -0.39 is 0 Å². The summed E-state index contributed by atoms with van der Waals surface area (Å²) in [5, 5.41) is 3.74. The van der Waals surface area contributed by atoms with Crippen LogP contribution in [0.25, 0.3) is 0 Å². The molecule has 0 aliphatic heterocycles. The van der Waals surface area contributed by atoms with Gasteiger partial charge in [0, 0.05) is 33.4 Å². The first-order chi connectivity index (χ1) is 10.2. The summed E-state index contributed by atoms with van der Waals surface area (Å²) in [6.07, 6.45) is 2.07. The fourth-order valence-corrected chi connectivity index (χ4v) is 2.79. The summed E-state index contributed by atoms with van der Waals surface area (Å²) in [5.41, 5.74) is 6.35. The Hall–Kier alpha value is -1.38. The number of aromatic nitrogens is 1. The maximum atomic E-state index is 12.3. The van der Waals surface area contributed by atoms with Crippen LogP contribution in [-0.4, -0.2) is 56.8 Å². The zero-order valence-corrected chi connectivity index (χ0v) is 13.2. The fraction of sp³-hybridized carbons (Fsp3) is 0.692. The summed E-state index contributed by atoms with van der Waals surface area (Å²) < 4.78 is 14.4. The molecule has 1 aliphatic rings. The Kier molecular flexibility index (Phi) is 5.77. The van der Waals surface area contributed by atoms with Gasteiger partial charge in [0.2, 0.25) is 0 Å². The number of anilines is 2. The first-order valence-electron chi connectivity index (χ1n) is 6.96. The highest BCUT2D eigenvalue weighted by molar-refractivity contribution is 7.11. The SMILES string of the molecule is COCCN(CCOC)c1snc(N)c1C(=O)NC1CC1. The van der Waals surface area contributed by atoms with Gasteiger partial charge in [-0.25, -0.2) is 0 Å². The van der Waals surface area contributed by atoms with Crippen LogP contribution in [0.5, 0.6) is 0 Å². The minimum Gasteiger partial charge on any atom is -0.383 e. The number of hydrogen-bond donors (Lipinski definition) is 2. The van der Waals surface area contributed by atoms with E-state index in [0.717, 1.165) is 17.8 Å². The van der Waals surface area contributed by atoms with Crippen LogP contribution in [-0.2, 0) is 9.47 Å². The minimum atomic E-state index is -0.140. The molecule has 1 amide bonds. The molecule has 7 nitrogen and oxygen atoms in total. The average Bonchev–Trinajstić information content (AvgIpc) is 3.19. The Labute approximate surface area is 128 Å². The van der Waals surface area contributed by atoms with Gasteiger partial charge in [-0.05, 0) is 24.4 Å². The number of hydrogen-bond acceptors (Lipinski definition) is 7. The summed E-state index contributed by atoms with van der Waals surface area (Å²) >= 11 is 1.24. The van der Waals surface area contributed by atoms with Crippen molar-refractivity contribution in [2.24, 2.45) is 0 Å². The third-order valence-electron chi connectivity index (χ3n) is 3.26. The first kappa shape index (κ1) is 16.0. The average molecular weight is 314 g/mol. The monoisotopic (exact) mass is 314 g/mol. The maximum Gasteiger partial charge on any atom is 0.258 e. The van der Waals surface area contributed by atoms with E-state index in [2.05, 4.69) is 9.69 Å². The van der Waals surface area contributed by atoms with Gasteiger partial charge in [0.05, 0.1) is 13.2 Å². The normalized spacial score (nSPS) is 14.2. The zero-order chi connectivity index (χ0) is 15.2. The van der Waals surface area contributed by atoms with E-state index in [4.69, 9.17) is 15.2 Å². The van der Waals surface area contributed by atoms with Crippen molar-refractivity contribution in [3.63, 3.8) is 0 Å². The van der Waals surface area contributed by atoms with E-state index in [1.165, 1.54) is 11.5 Å². The molecule has 1 saturated carbocycles. The highest BCUT2D eigenvalue weighted by atomic mass is 32.1. The molecule has 0 aromatic carbocycles. The summed E-state index contributed by atoms with van der Waals surface area (Å²) in [4.78, 5) is 14.4. The molecule has 21 heavy (non-hydrogen) atoms. The molecule has 0 spiro atoms. The van der Waals surface area contributed by atoms with E-state index in [1.54, 1.807) is 14.2 Å². The van der Waals surface area contributed by atoms with Crippen molar-refractivity contribution in [1.82, 2.24) is 9.69 Å². The van der Waals surface area contributed by atoms with Crippen molar-refractivity contribution < 1.29 is 14.3 Å². The molecule has 3 N–H and O–H groups in total. The number of nitrogen functional groups attached to an aromatic ring is 1. The van der Waals surface area contributed by atoms with Crippen molar-refractivity contribution in [2.45, 2.75) is 18.9 Å². The fourth-order valence-electron chi connectivity index (χ4n) is 1.93. The third kappa shape index (κ3) is 4.29. The molecule has 1 aromatic heterocycles. The van der Waals surface area contributed by atoms with Gasteiger partial charge in [0.15, 0.2) is 5.82 Å². The molecule has 0 bridgehead atoms. The van der Waals surface area contributed by atoms with E-state index in [-0.39, 0.29) is 17.8 Å². The number of carbonyl (C=O) groups excluding carboxylic acids is 1. The van der Waals surface area contributed by atoms with Crippen molar-refractivity contribution in [1.29, 1.82) is 0 Å². The van der Waals surface area contributed by atoms with E-state index >= 15 is 0 Å². The molecule has 118 valence electrons. The van der Waals surface area contributed by atoms with Crippen molar-refractivity contribution in [2.75, 3.05) is 51.2 Å². The molecule has 0 unspecified atom stereocenters. The summed E-state index contributed by atoms with van der Waals surface area (Å²) in [5.74, 6) is 0.145. The quantitative estimate of drug-likeness (QED) is 0.698. The Morgan fingerprint density at radius 3 is 2.52 bits per heavy atom. The predicted octanol–water partition coefficient (Wildman–Crippen LogP) is 0.717. The number of rotatable bonds is 9. The predicted molar refractivity (Wildman–Crippen MR) is 83.0 cm³/mol. The summed E-state index contributed by atoms with van der Waals surface area (Å²) in [6.45, 7) is 2.44. The van der Waals surface area contributed by atoms with Gasteiger partial charge >= 0.3 is 0 Å². The number of nitrogens with zero attached hydrogens (tertiary/aromatic N) is 2. The van der Waals surface area contributed by atoms with Crippen molar-refractivity contribution in [3.05, 3.63) is 5.56 Å². The smallest absolute Gasteiger partial charge is 0.258 e. The first-order valence-corrected chi connectivity index (χ1v) is 7.73. The molecule has 0 atom stereocenters. The second-order valence-electron chi connectivity index (χ2n) is 4.97. The van der Waals surface area contributed by atoms with Crippen LogP contribution in [0.1, 0.15) is 23.2 Å². The minimum absolute atomic E-state index is 0.140. The molecule has 2 rings (SSSR count). The number of amides is 1. The highest BCUT2D eigenvalue weighted by Gasteiger charge is 2.29. The Balaban J connectivity index is 2.15. The van der Waals surface area contributed by atoms with Crippen LogP contribution in [0.3, 0.4) is 0 Å². The summed E-state index contributed by atoms with van der Waals surface area (Å²) in [7, 11) is 3.30. The molecular formula is C13H22N4O3S. The molecule has 8 heteroatoms. The lowest BCUT2D eigenvalue weighted by Crippen LogP contribution is -2.33. The Morgan fingerprint density at radius 2 is 2.00 bits per heavy atom. The van der Waals surface area contributed by atoms with Gasteiger partial charge < -0.3 is 25.4 Å². The van der Waals surface area contributed by atoms with E-state index in [0.29, 0.717) is 31.9 Å². The topological polar surface area (TPSA) is 89.7 Å². The molecule has 0 radical (unpaired) electrons. The molecule has 0 saturated heterocycles. The van der Waals surface area contributed by atoms with Crippen LogP contribution in [0, 0.1) is 0 Å². The van der Waals surface area contributed by atoms with Gasteiger partial charge in [0.1, 0.15) is 10.6 Å². The number of carbonyl (C=O) groups is 1. The largest absolute Gasteiger partial charge is 0.383 e. The summed E-state index contributed by atoms with van der Waals surface area (Å²) in [6, 6.07) is 0.288. The Bertz CT molecular complexity index is 468. The number of nitrogens with one attached hydrogen (secondary N) is 1. The lowest BCUT2D eigenvalue weighted by Gasteiger charge is -2.23. The molecule has 1 fully saturated rings. The van der Waals surface area contributed by atoms with E-state index in [9.17, 15) is 4.79 Å². The van der Waals surface area contributed by atoms with Gasteiger partial charge in [-0.2, -0.15) is 4.37 Å². The molecule has 1 aliphatic carbocycles. The number of ether oxygens (including phenoxy) is 2. The van der Waals surface area contributed by atoms with Crippen LogP contribution in [0.4, 0.5) is 10.8 Å². The van der Waals surface area contributed by atoms with Crippen molar-refractivity contribution in [3.8, 4) is 0 Å². The van der Waals surface area contributed by atoms with Gasteiger partial charge in [-0.1, -0.05) is 0 Å². The second kappa shape index (κ2) is 7.58.